The summed E-state index contributed by atoms with van der Waals surface area (Å²) in [5.41, 5.74) is 1.71. The Morgan fingerprint density at radius 1 is 1.38 bits per heavy atom. The van der Waals surface area contributed by atoms with E-state index in [4.69, 9.17) is 11.6 Å². The maximum Gasteiger partial charge on any atom is 0.290 e. The van der Waals surface area contributed by atoms with Gasteiger partial charge in [0.2, 0.25) is 0 Å². The van der Waals surface area contributed by atoms with Crippen molar-refractivity contribution < 1.29 is 14.7 Å². The molecule has 2 heterocycles. The Balaban J connectivity index is 1.95. The van der Waals surface area contributed by atoms with Crippen LogP contribution in [-0.2, 0) is 16.0 Å². The molecule has 1 aromatic heterocycles. The number of aromatic nitrogens is 2. The highest BCUT2D eigenvalue weighted by Crippen LogP contribution is 2.37. The van der Waals surface area contributed by atoms with Gasteiger partial charge in [-0.2, -0.15) is 0 Å². The fraction of sp³-hybridized carbons (Fsp3) is 0.235. The van der Waals surface area contributed by atoms with Gasteiger partial charge in [-0.15, -0.1) is 0 Å². The van der Waals surface area contributed by atoms with Crippen LogP contribution >= 0.6 is 11.6 Å². The maximum atomic E-state index is 12.4. The number of amides is 1. The third-order valence-corrected chi connectivity index (χ3v) is 4.30. The number of benzene rings is 1. The maximum absolute atomic E-state index is 12.4. The lowest BCUT2D eigenvalue weighted by Crippen LogP contribution is -2.33. The molecular weight excluding hydrogens is 330 g/mol. The Morgan fingerprint density at radius 3 is 2.67 bits per heavy atom. The number of aromatic amines is 1. The van der Waals surface area contributed by atoms with Gasteiger partial charge in [-0.25, -0.2) is 4.98 Å². The van der Waals surface area contributed by atoms with Gasteiger partial charge in [0.05, 0.1) is 17.9 Å². The third kappa shape index (κ3) is 2.92. The van der Waals surface area contributed by atoms with Crippen molar-refractivity contribution in [1.82, 2.24) is 14.9 Å². The summed E-state index contributed by atoms with van der Waals surface area (Å²) in [4.78, 5) is 32.9. The van der Waals surface area contributed by atoms with Crippen LogP contribution < -0.4 is 0 Å². The first-order valence-electron chi connectivity index (χ1n) is 7.46. The normalized spacial score (nSPS) is 17.7. The van der Waals surface area contributed by atoms with E-state index in [0.717, 1.165) is 11.3 Å². The molecule has 0 unspecified atom stereocenters. The average Bonchev–Trinajstić information content (AvgIpc) is 3.14. The molecule has 124 valence electrons. The first kappa shape index (κ1) is 16.3. The Morgan fingerprint density at radius 2 is 2.08 bits per heavy atom. The zero-order chi connectivity index (χ0) is 17.3. The summed E-state index contributed by atoms with van der Waals surface area (Å²) in [6, 6.07) is 6.29. The number of halogens is 1. The van der Waals surface area contributed by atoms with Crippen molar-refractivity contribution >= 4 is 23.3 Å². The number of hydrogen-bond acceptors (Lipinski definition) is 4. The number of nitrogens with zero attached hydrogens (tertiary/aromatic N) is 2. The summed E-state index contributed by atoms with van der Waals surface area (Å²) in [7, 11) is 0. The van der Waals surface area contributed by atoms with E-state index >= 15 is 0 Å². The Bertz CT molecular complexity index is 797. The lowest BCUT2D eigenvalue weighted by molar-refractivity contribution is -0.129. The molecule has 2 aromatic rings. The SMILES string of the molecule is CC(=O)C1=C(O)C(=O)N(CCc2cnc[nH]2)[C@@H]1c1ccc(Cl)cc1. The van der Waals surface area contributed by atoms with Crippen molar-refractivity contribution in [1.29, 1.82) is 0 Å². The molecule has 24 heavy (non-hydrogen) atoms. The van der Waals surface area contributed by atoms with Crippen molar-refractivity contribution in [2.24, 2.45) is 0 Å². The number of carbonyl (C=O) groups is 2. The van der Waals surface area contributed by atoms with Crippen LogP contribution in [0.3, 0.4) is 0 Å². The summed E-state index contributed by atoms with van der Waals surface area (Å²) < 4.78 is 0. The van der Waals surface area contributed by atoms with Gasteiger partial charge in [0.15, 0.2) is 11.5 Å². The molecule has 1 aromatic carbocycles. The second-order valence-electron chi connectivity index (χ2n) is 5.60. The minimum atomic E-state index is -0.616. The molecule has 0 radical (unpaired) electrons. The van der Waals surface area contributed by atoms with Crippen molar-refractivity contribution in [3.05, 3.63) is 64.4 Å². The Kier molecular flexibility index (Phi) is 4.40. The van der Waals surface area contributed by atoms with E-state index in [1.165, 1.54) is 11.8 Å². The lowest BCUT2D eigenvalue weighted by atomic mass is 9.96. The molecule has 0 saturated heterocycles. The number of ketones is 1. The van der Waals surface area contributed by atoms with Crippen LogP contribution in [0.4, 0.5) is 0 Å². The number of rotatable bonds is 5. The van der Waals surface area contributed by atoms with E-state index < -0.39 is 17.7 Å². The Hall–Kier alpha value is -2.60. The molecule has 1 aliphatic rings. The number of Topliss-reactive ketones (excluding diaryl/α,β-unsaturated/α-hetero) is 1. The molecule has 2 N–H and O–H groups in total. The van der Waals surface area contributed by atoms with Gasteiger partial charge in [-0.3, -0.25) is 9.59 Å². The van der Waals surface area contributed by atoms with E-state index in [0.29, 0.717) is 18.0 Å². The fourth-order valence-electron chi connectivity index (χ4n) is 2.90. The van der Waals surface area contributed by atoms with E-state index in [-0.39, 0.29) is 11.4 Å². The second-order valence-corrected chi connectivity index (χ2v) is 6.03. The van der Waals surface area contributed by atoms with Crippen LogP contribution in [0.15, 0.2) is 48.1 Å². The molecule has 1 amide bonds. The number of imidazole rings is 1. The van der Waals surface area contributed by atoms with Gasteiger partial charge >= 0.3 is 0 Å². The molecule has 0 bridgehead atoms. The van der Waals surface area contributed by atoms with E-state index in [1.807, 2.05) is 0 Å². The smallest absolute Gasteiger partial charge is 0.290 e. The molecular formula is C17H16ClN3O3. The predicted molar refractivity (Wildman–Crippen MR) is 88.5 cm³/mol. The monoisotopic (exact) mass is 345 g/mol. The van der Waals surface area contributed by atoms with Gasteiger partial charge in [0.25, 0.3) is 5.91 Å². The van der Waals surface area contributed by atoms with Gasteiger partial charge in [0.1, 0.15) is 0 Å². The minimum Gasteiger partial charge on any atom is -0.503 e. The number of hydrogen-bond donors (Lipinski definition) is 2. The first-order chi connectivity index (χ1) is 11.5. The molecule has 3 rings (SSSR count). The zero-order valence-corrected chi connectivity index (χ0v) is 13.7. The summed E-state index contributed by atoms with van der Waals surface area (Å²) >= 11 is 5.92. The average molecular weight is 346 g/mol. The van der Waals surface area contributed by atoms with Crippen LogP contribution in [0.5, 0.6) is 0 Å². The molecule has 7 heteroatoms. The van der Waals surface area contributed by atoms with Crippen LogP contribution in [0, 0.1) is 0 Å². The van der Waals surface area contributed by atoms with E-state index in [2.05, 4.69) is 9.97 Å². The zero-order valence-electron chi connectivity index (χ0n) is 13.0. The van der Waals surface area contributed by atoms with Gasteiger partial charge in [-0.1, -0.05) is 23.7 Å². The fourth-order valence-corrected chi connectivity index (χ4v) is 3.02. The topological polar surface area (TPSA) is 86.3 Å². The predicted octanol–water partition coefficient (Wildman–Crippen LogP) is 2.59. The van der Waals surface area contributed by atoms with Crippen molar-refractivity contribution in [2.45, 2.75) is 19.4 Å². The standard InChI is InChI=1S/C17H16ClN3O3/c1-10(22)14-15(11-2-4-12(18)5-3-11)21(17(24)16(14)23)7-6-13-8-19-9-20-13/h2-5,8-9,15,23H,6-7H2,1H3,(H,19,20)/t15-/m1/s1. The third-order valence-electron chi connectivity index (χ3n) is 4.05. The lowest BCUT2D eigenvalue weighted by Gasteiger charge is -2.26. The van der Waals surface area contributed by atoms with E-state index in [9.17, 15) is 14.7 Å². The second kappa shape index (κ2) is 6.49. The summed E-state index contributed by atoms with van der Waals surface area (Å²) in [6.45, 7) is 1.69. The van der Waals surface area contributed by atoms with Crippen LogP contribution in [0.25, 0.3) is 0 Å². The summed E-state index contributed by atoms with van der Waals surface area (Å²) in [5.74, 6) is -1.35. The molecule has 1 aliphatic heterocycles. The van der Waals surface area contributed by atoms with Gasteiger partial charge in [-0.05, 0) is 24.6 Å². The van der Waals surface area contributed by atoms with Crippen molar-refractivity contribution in [2.75, 3.05) is 6.54 Å². The largest absolute Gasteiger partial charge is 0.503 e. The first-order valence-corrected chi connectivity index (χ1v) is 7.84. The molecule has 0 fully saturated rings. The minimum absolute atomic E-state index is 0.118. The van der Waals surface area contributed by atoms with Crippen LogP contribution in [-0.4, -0.2) is 38.2 Å². The van der Waals surface area contributed by atoms with Gasteiger partial charge < -0.3 is 15.0 Å². The quantitative estimate of drug-likeness (QED) is 0.872. The number of aliphatic hydroxyl groups excluding tert-OH is 1. The molecule has 1 atom stereocenters. The number of carbonyl (C=O) groups excluding carboxylic acids is 2. The molecule has 0 aliphatic carbocycles. The van der Waals surface area contributed by atoms with Crippen molar-refractivity contribution in [3.63, 3.8) is 0 Å². The van der Waals surface area contributed by atoms with Crippen LogP contribution in [0.1, 0.15) is 24.2 Å². The molecule has 0 saturated carbocycles. The highest BCUT2D eigenvalue weighted by atomic mass is 35.5. The number of aliphatic hydroxyl groups is 1. The highest BCUT2D eigenvalue weighted by Gasteiger charge is 2.42. The number of nitrogens with one attached hydrogen (secondary N) is 1. The highest BCUT2D eigenvalue weighted by molar-refractivity contribution is 6.30. The summed E-state index contributed by atoms with van der Waals surface area (Å²) in [5, 5.41) is 10.7. The van der Waals surface area contributed by atoms with Crippen LogP contribution in [0.2, 0.25) is 5.02 Å². The van der Waals surface area contributed by atoms with Gasteiger partial charge in [0, 0.05) is 29.9 Å². The summed E-state index contributed by atoms with van der Waals surface area (Å²) in [6.07, 6.45) is 3.78. The molecule has 0 spiro atoms. The Labute approximate surface area is 143 Å². The molecule has 6 nitrogen and oxygen atoms in total. The van der Waals surface area contributed by atoms with E-state index in [1.54, 1.807) is 36.8 Å². The van der Waals surface area contributed by atoms with Crippen molar-refractivity contribution in [3.8, 4) is 0 Å². The number of H-pyrrole nitrogens is 1.